The van der Waals surface area contributed by atoms with Crippen LogP contribution < -0.4 is 4.74 Å². The highest BCUT2D eigenvalue weighted by Crippen LogP contribution is 2.35. The Bertz CT molecular complexity index is 556. The van der Waals surface area contributed by atoms with Gasteiger partial charge in [0.25, 0.3) is 0 Å². The number of aromatic nitrogens is 1. The molecule has 0 amide bonds. The minimum absolute atomic E-state index is 0.165. The molecule has 1 N–H and O–H groups in total. The summed E-state index contributed by atoms with van der Waals surface area (Å²) in [5, 5.41) is 12.3. The monoisotopic (exact) mass is 247 g/mol. The first-order valence-corrected chi connectivity index (χ1v) is 6.67. The van der Waals surface area contributed by atoms with Crippen molar-refractivity contribution in [3.63, 3.8) is 0 Å². The van der Waals surface area contributed by atoms with Crippen molar-refractivity contribution in [2.45, 2.75) is 11.4 Å². The maximum atomic E-state index is 8.91. The number of rotatable bonds is 3. The fraction of sp³-hybridized carbons (Fsp3) is 0.308. The van der Waals surface area contributed by atoms with Gasteiger partial charge >= 0.3 is 0 Å². The maximum absolute atomic E-state index is 8.91. The van der Waals surface area contributed by atoms with Crippen LogP contribution in [0.1, 0.15) is 5.56 Å². The number of fused-ring (bicyclic) bond motifs is 3. The van der Waals surface area contributed by atoms with Crippen LogP contribution in [0.2, 0.25) is 0 Å². The lowest BCUT2D eigenvalue weighted by molar-refractivity contribution is 0.322. The van der Waals surface area contributed by atoms with E-state index < -0.39 is 0 Å². The van der Waals surface area contributed by atoms with Gasteiger partial charge in [0.2, 0.25) is 5.88 Å². The second kappa shape index (κ2) is 4.55. The van der Waals surface area contributed by atoms with Gasteiger partial charge in [0.05, 0.1) is 13.2 Å². The first kappa shape index (κ1) is 10.9. The second-order valence-electron chi connectivity index (χ2n) is 3.92. The van der Waals surface area contributed by atoms with Crippen molar-refractivity contribution < 1.29 is 9.84 Å². The molecule has 2 aromatic rings. The summed E-state index contributed by atoms with van der Waals surface area (Å²) in [5.74, 6) is 1.43. The molecule has 2 heterocycles. The lowest BCUT2D eigenvalue weighted by atomic mass is 10.1. The van der Waals surface area contributed by atoms with E-state index in [2.05, 4.69) is 17.1 Å². The number of hydrogen-bond acceptors (Lipinski definition) is 4. The van der Waals surface area contributed by atoms with Gasteiger partial charge in [-0.1, -0.05) is 24.3 Å². The largest absolute Gasteiger partial charge is 0.477 e. The SMILES string of the molecule is OCCSc1nc2c(c3ccccc13)CCO2. The zero-order valence-electron chi connectivity index (χ0n) is 9.35. The molecule has 88 valence electrons. The van der Waals surface area contributed by atoms with Crippen LogP contribution in [0.3, 0.4) is 0 Å². The summed E-state index contributed by atoms with van der Waals surface area (Å²) in [7, 11) is 0. The van der Waals surface area contributed by atoms with Gasteiger partial charge in [-0.25, -0.2) is 4.98 Å². The van der Waals surface area contributed by atoms with Gasteiger partial charge in [0.1, 0.15) is 5.03 Å². The second-order valence-corrected chi connectivity index (χ2v) is 5.00. The summed E-state index contributed by atoms with van der Waals surface area (Å²) in [6, 6.07) is 8.27. The Morgan fingerprint density at radius 3 is 2.94 bits per heavy atom. The Balaban J connectivity index is 2.18. The maximum Gasteiger partial charge on any atom is 0.218 e. The Morgan fingerprint density at radius 2 is 2.12 bits per heavy atom. The van der Waals surface area contributed by atoms with Crippen LogP contribution in [0.15, 0.2) is 29.3 Å². The molecule has 0 spiro atoms. The summed E-state index contributed by atoms with van der Waals surface area (Å²) < 4.78 is 5.54. The van der Waals surface area contributed by atoms with Crippen LogP contribution in [-0.4, -0.2) is 29.1 Å². The molecule has 17 heavy (non-hydrogen) atoms. The van der Waals surface area contributed by atoms with E-state index in [1.165, 1.54) is 10.9 Å². The predicted molar refractivity (Wildman–Crippen MR) is 68.8 cm³/mol. The molecule has 0 atom stereocenters. The zero-order valence-corrected chi connectivity index (χ0v) is 10.2. The third-order valence-corrected chi connectivity index (χ3v) is 3.84. The van der Waals surface area contributed by atoms with Gasteiger partial charge in [-0.3, -0.25) is 0 Å². The predicted octanol–water partition coefficient (Wildman–Crippen LogP) is 2.25. The third-order valence-electron chi connectivity index (χ3n) is 2.86. The Hall–Kier alpha value is -1.26. The van der Waals surface area contributed by atoms with E-state index in [0.717, 1.165) is 29.3 Å². The van der Waals surface area contributed by atoms with E-state index in [0.29, 0.717) is 5.75 Å². The summed E-state index contributed by atoms with van der Waals surface area (Å²) >= 11 is 1.57. The zero-order chi connectivity index (χ0) is 11.7. The first-order valence-electron chi connectivity index (χ1n) is 5.68. The third kappa shape index (κ3) is 1.87. The molecule has 3 nitrogen and oxygen atoms in total. The van der Waals surface area contributed by atoms with Crippen molar-refractivity contribution in [3.8, 4) is 5.88 Å². The van der Waals surface area contributed by atoms with Gasteiger partial charge in [-0.2, -0.15) is 0 Å². The molecule has 0 fully saturated rings. The van der Waals surface area contributed by atoms with Crippen molar-refractivity contribution >= 4 is 22.5 Å². The van der Waals surface area contributed by atoms with Crippen molar-refractivity contribution in [1.29, 1.82) is 0 Å². The van der Waals surface area contributed by atoms with Crippen molar-refractivity contribution in [2.24, 2.45) is 0 Å². The highest BCUT2D eigenvalue weighted by molar-refractivity contribution is 7.99. The smallest absolute Gasteiger partial charge is 0.218 e. The number of benzene rings is 1. The van der Waals surface area contributed by atoms with Crippen LogP contribution >= 0.6 is 11.8 Å². The number of aliphatic hydroxyl groups is 1. The molecule has 4 heteroatoms. The molecule has 0 unspecified atom stereocenters. The molecule has 0 saturated heterocycles. The van der Waals surface area contributed by atoms with Gasteiger partial charge in [0, 0.05) is 23.1 Å². The van der Waals surface area contributed by atoms with Gasteiger partial charge in [-0.05, 0) is 5.39 Å². The summed E-state index contributed by atoms with van der Waals surface area (Å²) in [6.45, 7) is 0.888. The summed E-state index contributed by atoms with van der Waals surface area (Å²) in [6.07, 6.45) is 0.938. The standard InChI is InChI=1S/C13H13NO2S/c15-6-8-17-13-11-4-2-1-3-9(11)10-5-7-16-12(10)14-13/h1-4,15H,5-8H2. The highest BCUT2D eigenvalue weighted by Gasteiger charge is 2.19. The number of ether oxygens (including phenoxy) is 1. The van der Waals surface area contributed by atoms with Crippen LogP contribution in [0.25, 0.3) is 10.8 Å². The Labute approximate surface area is 104 Å². The number of pyridine rings is 1. The quantitative estimate of drug-likeness (QED) is 0.845. The molecule has 0 aliphatic carbocycles. The van der Waals surface area contributed by atoms with E-state index in [1.807, 2.05) is 12.1 Å². The highest BCUT2D eigenvalue weighted by atomic mass is 32.2. The number of aliphatic hydroxyl groups excluding tert-OH is 1. The number of nitrogens with zero attached hydrogens (tertiary/aromatic N) is 1. The van der Waals surface area contributed by atoms with Crippen molar-refractivity contribution in [3.05, 3.63) is 29.8 Å². The topological polar surface area (TPSA) is 42.4 Å². The summed E-state index contributed by atoms with van der Waals surface area (Å²) in [5.41, 5.74) is 1.22. The van der Waals surface area contributed by atoms with E-state index in [4.69, 9.17) is 9.84 Å². The number of hydrogen-bond donors (Lipinski definition) is 1. The van der Waals surface area contributed by atoms with Gasteiger partial charge in [0.15, 0.2) is 0 Å². The molecule has 0 bridgehead atoms. The Kier molecular flexibility index (Phi) is 2.91. The molecule has 0 saturated carbocycles. The molecule has 1 aromatic heterocycles. The lowest BCUT2D eigenvalue weighted by Gasteiger charge is -2.08. The van der Waals surface area contributed by atoms with E-state index in [9.17, 15) is 0 Å². The minimum Gasteiger partial charge on any atom is -0.477 e. The fourth-order valence-electron chi connectivity index (χ4n) is 2.13. The molecule has 0 radical (unpaired) electrons. The van der Waals surface area contributed by atoms with Crippen molar-refractivity contribution in [1.82, 2.24) is 4.98 Å². The Morgan fingerprint density at radius 1 is 1.29 bits per heavy atom. The molecule has 1 aliphatic heterocycles. The number of thioether (sulfide) groups is 1. The molecule has 1 aliphatic rings. The normalized spacial score (nSPS) is 13.7. The van der Waals surface area contributed by atoms with Crippen molar-refractivity contribution in [2.75, 3.05) is 19.0 Å². The molecular formula is C13H13NO2S. The minimum atomic E-state index is 0.165. The van der Waals surface area contributed by atoms with Crippen LogP contribution in [0, 0.1) is 0 Å². The van der Waals surface area contributed by atoms with Gasteiger partial charge < -0.3 is 9.84 Å². The van der Waals surface area contributed by atoms with E-state index in [1.54, 1.807) is 11.8 Å². The van der Waals surface area contributed by atoms with Crippen LogP contribution in [0.4, 0.5) is 0 Å². The molecule has 3 rings (SSSR count). The van der Waals surface area contributed by atoms with E-state index in [-0.39, 0.29) is 6.61 Å². The average Bonchev–Trinajstić information content (AvgIpc) is 2.84. The summed E-state index contributed by atoms with van der Waals surface area (Å²) in [4.78, 5) is 4.55. The fourth-order valence-corrected chi connectivity index (χ4v) is 2.90. The molecule has 1 aromatic carbocycles. The van der Waals surface area contributed by atoms with Crippen LogP contribution in [0.5, 0.6) is 5.88 Å². The first-order chi connectivity index (χ1) is 8.40. The van der Waals surface area contributed by atoms with E-state index >= 15 is 0 Å². The molecular weight excluding hydrogens is 234 g/mol. The average molecular weight is 247 g/mol. The lowest BCUT2D eigenvalue weighted by Crippen LogP contribution is -1.93. The van der Waals surface area contributed by atoms with Crippen LogP contribution in [-0.2, 0) is 6.42 Å². The van der Waals surface area contributed by atoms with Gasteiger partial charge in [-0.15, -0.1) is 11.8 Å².